The maximum atomic E-state index is 11.3. The molecule has 0 atom stereocenters. The molecule has 0 radical (unpaired) electrons. The van der Waals surface area contributed by atoms with Gasteiger partial charge >= 0.3 is 6.09 Å². The van der Waals surface area contributed by atoms with Crippen LogP contribution >= 0.6 is 0 Å². The topological polar surface area (TPSA) is 64.3 Å². The summed E-state index contributed by atoms with van der Waals surface area (Å²) in [6, 6.07) is 5.32. The molecule has 0 aliphatic rings. The van der Waals surface area contributed by atoms with E-state index >= 15 is 0 Å². The molecule has 1 rings (SSSR count). The predicted molar refractivity (Wildman–Crippen MR) is 65.4 cm³/mol. The minimum Gasteiger partial charge on any atom is -0.449 e. The molecule has 16 heavy (non-hydrogen) atoms. The van der Waals surface area contributed by atoms with Crippen molar-refractivity contribution in [2.75, 3.05) is 17.7 Å². The van der Waals surface area contributed by atoms with Crippen LogP contribution in [-0.4, -0.2) is 12.7 Å². The fourth-order valence-corrected chi connectivity index (χ4v) is 1.15. The summed E-state index contributed by atoms with van der Waals surface area (Å²) in [5.41, 5.74) is 8.01. The van der Waals surface area contributed by atoms with Crippen LogP contribution in [0.1, 0.15) is 19.4 Å². The van der Waals surface area contributed by atoms with E-state index in [9.17, 15) is 4.79 Å². The van der Waals surface area contributed by atoms with Gasteiger partial charge in [0.05, 0.1) is 6.61 Å². The Kier molecular flexibility index (Phi) is 4.17. The third kappa shape index (κ3) is 3.81. The standard InChI is InChI=1S/C12H18N2O2/c1-8(2)7-16-12(15)14-10-4-5-11(13)9(3)6-10/h4-6,8H,7,13H2,1-3H3,(H,14,15). The smallest absolute Gasteiger partial charge is 0.411 e. The van der Waals surface area contributed by atoms with Crippen molar-refractivity contribution in [2.24, 2.45) is 5.92 Å². The minimum atomic E-state index is -0.433. The lowest BCUT2D eigenvalue weighted by atomic mass is 10.2. The van der Waals surface area contributed by atoms with Crippen LogP contribution in [0.5, 0.6) is 0 Å². The second-order valence-corrected chi connectivity index (χ2v) is 4.19. The quantitative estimate of drug-likeness (QED) is 0.773. The van der Waals surface area contributed by atoms with Crippen molar-refractivity contribution in [1.82, 2.24) is 0 Å². The van der Waals surface area contributed by atoms with E-state index in [0.717, 1.165) is 5.56 Å². The van der Waals surface area contributed by atoms with Gasteiger partial charge in [-0.25, -0.2) is 4.79 Å². The molecular weight excluding hydrogens is 204 g/mol. The van der Waals surface area contributed by atoms with E-state index in [1.54, 1.807) is 12.1 Å². The maximum Gasteiger partial charge on any atom is 0.411 e. The average molecular weight is 222 g/mol. The van der Waals surface area contributed by atoms with Gasteiger partial charge in [-0.3, -0.25) is 5.32 Å². The van der Waals surface area contributed by atoms with Gasteiger partial charge in [-0.15, -0.1) is 0 Å². The summed E-state index contributed by atoms with van der Waals surface area (Å²) >= 11 is 0. The van der Waals surface area contributed by atoms with E-state index in [2.05, 4.69) is 5.32 Å². The van der Waals surface area contributed by atoms with Gasteiger partial charge in [0.15, 0.2) is 0 Å². The molecule has 0 spiro atoms. The minimum absolute atomic E-state index is 0.332. The third-order valence-corrected chi connectivity index (χ3v) is 2.06. The molecule has 0 saturated heterocycles. The van der Waals surface area contributed by atoms with Crippen molar-refractivity contribution in [3.63, 3.8) is 0 Å². The lowest BCUT2D eigenvalue weighted by molar-refractivity contribution is 0.147. The van der Waals surface area contributed by atoms with Crippen LogP contribution < -0.4 is 11.1 Å². The van der Waals surface area contributed by atoms with Crippen LogP contribution in [0.2, 0.25) is 0 Å². The summed E-state index contributed by atoms with van der Waals surface area (Å²) in [5, 5.41) is 2.65. The predicted octanol–water partition coefficient (Wildman–Crippen LogP) is 2.78. The second kappa shape index (κ2) is 5.39. The molecule has 4 heteroatoms. The summed E-state index contributed by atoms with van der Waals surface area (Å²) in [5.74, 6) is 0.332. The van der Waals surface area contributed by atoms with Gasteiger partial charge in [0.1, 0.15) is 0 Å². The normalized spacial score (nSPS) is 10.2. The zero-order valence-electron chi connectivity index (χ0n) is 9.91. The molecule has 1 amide bonds. The van der Waals surface area contributed by atoms with Crippen molar-refractivity contribution in [3.8, 4) is 0 Å². The molecule has 88 valence electrons. The van der Waals surface area contributed by atoms with Crippen LogP contribution in [0.3, 0.4) is 0 Å². The maximum absolute atomic E-state index is 11.3. The Morgan fingerprint density at radius 2 is 2.19 bits per heavy atom. The number of aryl methyl sites for hydroxylation is 1. The first-order valence-electron chi connectivity index (χ1n) is 5.29. The molecule has 4 nitrogen and oxygen atoms in total. The second-order valence-electron chi connectivity index (χ2n) is 4.19. The molecule has 0 saturated carbocycles. The highest BCUT2D eigenvalue weighted by molar-refractivity contribution is 5.85. The van der Waals surface area contributed by atoms with Gasteiger partial charge < -0.3 is 10.5 Å². The first kappa shape index (κ1) is 12.4. The number of carbonyl (C=O) groups excluding carboxylic acids is 1. The Labute approximate surface area is 95.8 Å². The number of anilines is 2. The first-order chi connectivity index (χ1) is 7.49. The van der Waals surface area contributed by atoms with E-state index in [-0.39, 0.29) is 0 Å². The van der Waals surface area contributed by atoms with Crippen molar-refractivity contribution < 1.29 is 9.53 Å². The van der Waals surface area contributed by atoms with Gasteiger partial charge in [0.2, 0.25) is 0 Å². The molecule has 0 unspecified atom stereocenters. The number of rotatable bonds is 3. The number of nitrogens with two attached hydrogens (primary N) is 1. The molecular formula is C12H18N2O2. The summed E-state index contributed by atoms with van der Waals surface area (Å²) in [6.45, 7) is 6.28. The summed E-state index contributed by atoms with van der Waals surface area (Å²) in [6.07, 6.45) is -0.433. The lowest BCUT2D eigenvalue weighted by Crippen LogP contribution is -2.16. The number of hydrogen-bond donors (Lipinski definition) is 2. The number of ether oxygens (including phenoxy) is 1. The molecule has 0 fully saturated rings. The molecule has 0 aromatic heterocycles. The zero-order valence-corrected chi connectivity index (χ0v) is 9.91. The van der Waals surface area contributed by atoms with Crippen LogP contribution in [-0.2, 0) is 4.74 Å². The molecule has 1 aromatic rings. The number of hydrogen-bond acceptors (Lipinski definition) is 3. The van der Waals surface area contributed by atoms with E-state index in [1.165, 1.54) is 0 Å². The highest BCUT2D eigenvalue weighted by Crippen LogP contribution is 2.16. The Morgan fingerprint density at radius 3 is 2.75 bits per heavy atom. The van der Waals surface area contributed by atoms with Crippen LogP contribution in [0.15, 0.2) is 18.2 Å². The van der Waals surface area contributed by atoms with Gasteiger partial charge in [0, 0.05) is 11.4 Å². The zero-order chi connectivity index (χ0) is 12.1. The Morgan fingerprint density at radius 1 is 1.50 bits per heavy atom. The Balaban J connectivity index is 2.53. The summed E-state index contributed by atoms with van der Waals surface area (Å²) in [7, 11) is 0. The number of carbonyl (C=O) groups is 1. The molecule has 0 bridgehead atoms. The summed E-state index contributed by atoms with van der Waals surface area (Å²) in [4.78, 5) is 11.3. The van der Waals surface area contributed by atoms with E-state index in [0.29, 0.717) is 23.9 Å². The van der Waals surface area contributed by atoms with Gasteiger partial charge in [0.25, 0.3) is 0 Å². The molecule has 3 N–H and O–H groups in total. The number of nitrogen functional groups attached to an aromatic ring is 1. The lowest BCUT2D eigenvalue weighted by Gasteiger charge is -2.09. The third-order valence-electron chi connectivity index (χ3n) is 2.06. The van der Waals surface area contributed by atoms with Gasteiger partial charge in [-0.05, 0) is 36.6 Å². The number of benzene rings is 1. The number of amides is 1. The number of nitrogens with one attached hydrogen (secondary N) is 1. The summed E-state index contributed by atoms with van der Waals surface area (Å²) < 4.78 is 5.00. The van der Waals surface area contributed by atoms with Crippen molar-refractivity contribution >= 4 is 17.5 Å². The van der Waals surface area contributed by atoms with Crippen molar-refractivity contribution in [1.29, 1.82) is 0 Å². The molecule has 0 aliphatic carbocycles. The van der Waals surface area contributed by atoms with Crippen molar-refractivity contribution in [3.05, 3.63) is 23.8 Å². The van der Waals surface area contributed by atoms with E-state index in [1.807, 2.05) is 26.8 Å². The van der Waals surface area contributed by atoms with Gasteiger partial charge in [-0.1, -0.05) is 13.8 Å². The van der Waals surface area contributed by atoms with Crippen LogP contribution in [0.25, 0.3) is 0 Å². The largest absolute Gasteiger partial charge is 0.449 e. The van der Waals surface area contributed by atoms with Gasteiger partial charge in [-0.2, -0.15) is 0 Å². The highest BCUT2D eigenvalue weighted by Gasteiger charge is 2.05. The molecule has 1 aromatic carbocycles. The molecule has 0 aliphatic heterocycles. The first-order valence-corrected chi connectivity index (χ1v) is 5.29. The fourth-order valence-electron chi connectivity index (χ4n) is 1.15. The average Bonchev–Trinajstić information content (AvgIpc) is 2.21. The monoisotopic (exact) mass is 222 g/mol. The Bertz CT molecular complexity index is 375. The molecule has 0 heterocycles. The van der Waals surface area contributed by atoms with Crippen LogP contribution in [0.4, 0.5) is 16.2 Å². The Hall–Kier alpha value is -1.71. The van der Waals surface area contributed by atoms with Crippen molar-refractivity contribution in [2.45, 2.75) is 20.8 Å². The SMILES string of the molecule is Cc1cc(NC(=O)OCC(C)C)ccc1N. The van der Waals surface area contributed by atoms with E-state index < -0.39 is 6.09 Å². The fraction of sp³-hybridized carbons (Fsp3) is 0.417. The van der Waals surface area contributed by atoms with E-state index in [4.69, 9.17) is 10.5 Å². The van der Waals surface area contributed by atoms with Crippen LogP contribution in [0, 0.1) is 12.8 Å². The highest BCUT2D eigenvalue weighted by atomic mass is 16.5.